The third kappa shape index (κ3) is 3.26. The molecule has 2 heterocycles. The SMILES string of the molecule is C[N+](=CC1Cc2ccccc2C1)c1ccc2c(c1)C(=O)N(C1CCC(=O)NC1=O)C2=O. The number of nitrogens with one attached hydrogen (secondary N) is 1. The van der Waals surface area contributed by atoms with Crippen LogP contribution in [0.3, 0.4) is 0 Å². The fourth-order valence-corrected chi connectivity index (χ4v) is 4.78. The molecule has 5 rings (SSSR count). The molecule has 2 aromatic rings. The van der Waals surface area contributed by atoms with Crippen molar-refractivity contribution in [1.82, 2.24) is 10.2 Å². The van der Waals surface area contributed by atoms with E-state index in [0.717, 1.165) is 23.4 Å². The Morgan fingerprint density at radius 3 is 2.32 bits per heavy atom. The molecule has 7 nitrogen and oxygen atoms in total. The highest BCUT2D eigenvalue weighted by Gasteiger charge is 2.45. The van der Waals surface area contributed by atoms with Gasteiger partial charge < -0.3 is 0 Å². The van der Waals surface area contributed by atoms with Gasteiger partial charge in [0.05, 0.1) is 11.1 Å². The second-order valence-corrected chi connectivity index (χ2v) is 8.37. The fourth-order valence-electron chi connectivity index (χ4n) is 4.78. The summed E-state index contributed by atoms with van der Waals surface area (Å²) >= 11 is 0. The maximum absolute atomic E-state index is 13.0. The highest BCUT2D eigenvalue weighted by atomic mass is 16.2. The van der Waals surface area contributed by atoms with Crippen LogP contribution in [-0.4, -0.2) is 52.4 Å². The van der Waals surface area contributed by atoms with Gasteiger partial charge in [0, 0.05) is 24.5 Å². The summed E-state index contributed by atoms with van der Waals surface area (Å²) in [5, 5.41) is 2.21. The number of carbonyl (C=O) groups is 4. The summed E-state index contributed by atoms with van der Waals surface area (Å²) in [6, 6.07) is 12.7. The smallest absolute Gasteiger partial charge is 0.262 e. The molecule has 156 valence electrons. The maximum atomic E-state index is 13.0. The first kappa shape index (κ1) is 19.4. The molecule has 1 unspecified atom stereocenters. The summed E-state index contributed by atoms with van der Waals surface area (Å²) in [4.78, 5) is 50.5. The molecular weight excluding hydrogens is 394 g/mol. The molecule has 0 bridgehead atoms. The Hall–Kier alpha value is -3.61. The lowest BCUT2D eigenvalue weighted by Crippen LogP contribution is -2.54. The third-order valence-electron chi connectivity index (χ3n) is 6.35. The number of nitrogens with zero attached hydrogens (tertiary/aromatic N) is 2. The van der Waals surface area contributed by atoms with Crippen LogP contribution in [0.4, 0.5) is 5.69 Å². The van der Waals surface area contributed by atoms with Crippen molar-refractivity contribution in [2.45, 2.75) is 31.7 Å². The monoisotopic (exact) mass is 416 g/mol. The van der Waals surface area contributed by atoms with Crippen molar-refractivity contribution in [2.24, 2.45) is 5.92 Å². The molecule has 1 saturated heterocycles. The second-order valence-electron chi connectivity index (χ2n) is 8.37. The van der Waals surface area contributed by atoms with Gasteiger partial charge in [-0.05, 0) is 36.5 Å². The summed E-state index contributed by atoms with van der Waals surface area (Å²) in [5.74, 6) is -1.59. The topological polar surface area (TPSA) is 86.6 Å². The predicted molar refractivity (Wildman–Crippen MR) is 112 cm³/mol. The average Bonchev–Trinajstić information content (AvgIpc) is 3.26. The van der Waals surface area contributed by atoms with Crippen LogP contribution >= 0.6 is 0 Å². The maximum Gasteiger partial charge on any atom is 0.262 e. The van der Waals surface area contributed by atoms with Crippen molar-refractivity contribution in [3.63, 3.8) is 0 Å². The summed E-state index contributed by atoms with van der Waals surface area (Å²) in [6.07, 6.45) is 4.37. The molecule has 2 aromatic carbocycles. The minimum absolute atomic E-state index is 0.108. The van der Waals surface area contributed by atoms with Gasteiger partial charge in [0.1, 0.15) is 19.3 Å². The van der Waals surface area contributed by atoms with Gasteiger partial charge in [0.2, 0.25) is 17.5 Å². The fraction of sp³-hybridized carbons (Fsp3) is 0.292. The lowest BCUT2D eigenvalue weighted by atomic mass is 10.0. The van der Waals surface area contributed by atoms with Gasteiger partial charge in [-0.2, -0.15) is 0 Å². The number of rotatable bonds is 3. The number of amides is 4. The molecule has 3 aliphatic rings. The molecule has 1 atom stereocenters. The number of fused-ring (bicyclic) bond motifs is 2. The summed E-state index contributed by atoms with van der Waals surface area (Å²) < 4.78 is 1.99. The zero-order valence-electron chi connectivity index (χ0n) is 17.1. The van der Waals surface area contributed by atoms with Gasteiger partial charge in [0.15, 0.2) is 0 Å². The Labute approximate surface area is 179 Å². The lowest BCUT2D eigenvalue weighted by molar-refractivity contribution is -0.402. The van der Waals surface area contributed by atoms with E-state index in [4.69, 9.17) is 0 Å². The number of hydrogen-bond donors (Lipinski definition) is 1. The van der Waals surface area contributed by atoms with Crippen molar-refractivity contribution in [2.75, 3.05) is 7.05 Å². The number of imide groups is 2. The quantitative estimate of drug-likeness (QED) is 0.470. The highest BCUT2D eigenvalue weighted by molar-refractivity contribution is 6.23. The van der Waals surface area contributed by atoms with Gasteiger partial charge in [-0.3, -0.25) is 29.4 Å². The van der Waals surface area contributed by atoms with E-state index < -0.39 is 23.8 Å². The standard InChI is InChI=1S/C24H21N3O4/c1-26(13-14-10-15-4-2-3-5-16(15)11-14)17-6-7-18-19(12-17)24(31)27(23(18)30)20-8-9-21(28)25-22(20)29/h2-7,12-14,20H,8-11H2,1H3/p+1. The van der Waals surface area contributed by atoms with E-state index in [9.17, 15) is 19.2 Å². The zero-order valence-corrected chi connectivity index (χ0v) is 17.1. The molecule has 2 aliphatic heterocycles. The van der Waals surface area contributed by atoms with Gasteiger partial charge in [-0.1, -0.05) is 24.3 Å². The van der Waals surface area contributed by atoms with Gasteiger partial charge in [0.25, 0.3) is 11.8 Å². The van der Waals surface area contributed by atoms with E-state index in [1.54, 1.807) is 12.1 Å². The molecule has 0 saturated carbocycles. The first-order chi connectivity index (χ1) is 14.9. The van der Waals surface area contributed by atoms with Crippen molar-refractivity contribution in [3.05, 3.63) is 64.7 Å². The van der Waals surface area contributed by atoms with Crippen LogP contribution in [0, 0.1) is 5.92 Å². The summed E-state index contributed by atoms with van der Waals surface area (Å²) in [6.45, 7) is 0. The van der Waals surface area contributed by atoms with Crippen molar-refractivity contribution < 1.29 is 23.8 Å². The van der Waals surface area contributed by atoms with Crippen LogP contribution in [0.5, 0.6) is 0 Å². The van der Waals surface area contributed by atoms with Crippen molar-refractivity contribution in [1.29, 1.82) is 0 Å². The van der Waals surface area contributed by atoms with Crippen molar-refractivity contribution in [3.8, 4) is 0 Å². The van der Waals surface area contributed by atoms with E-state index >= 15 is 0 Å². The molecule has 4 amide bonds. The van der Waals surface area contributed by atoms with Gasteiger partial charge >= 0.3 is 0 Å². The molecule has 0 radical (unpaired) electrons. The Kier molecular flexibility index (Phi) is 4.54. The van der Waals surface area contributed by atoms with Crippen LogP contribution in [0.2, 0.25) is 0 Å². The van der Waals surface area contributed by atoms with E-state index in [1.807, 2.05) is 17.7 Å². The average molecular weight is 416 g/mol. The molecular formula is C24H22N3O4+. The van der Waals surface area contributed by atoms with E-state index in [0.29, 0.717) is 17.0 Å². The molecule has 31 heavy (non-hydrogen) atoms. The van der Waals surface area contributed by atoms with Gasteiger partial charge in [-0.15, -0.1) is 0 Å². The Morgan fingerprint density at radius 2 is 1.65 bits per heavy atom. The van der Waals surface area contributed by atoms with E-state index in [2.05, 4.69) is 35.8 Å². The predicted octanol–water partition coefficient (Wildman–Crippen LogP) is 1.85. The van der Waals surface area contributed by atoms with Crippen LogP contribution in [0.1, 0.15) is 44.7 Å². The Balaban J connectivity index is 1.39. The van der Waals surface area contributed by atoms with Crippen LogP contribution in [0.15, 0.2) is 42.5 Å². The molecule has 0 aromatic heterocycles. The minimum atomic E-state index is -0.949. The van der Waals surface area contributed by atoms with Crippen LogP contribution in [-0.2, 0) is 22.4 Å². The summed E-state index contributed by atoms with van der Waals surface area (Å²) in [5.41, 5.74) is 4.13. The van der Waals surface area contributed by atoms with Gasteiger partial charge in [-0.25, -0.2) is 4.58 Å². The molecule has 7 heteroatoms. The molecule has 1 fully saturated rings. The van der Waals surface area contributed by atoms with Crippen LogP contribution < -0.4 is 5.32 Å². The minimum Gasteiger partial charge on any atom is -0.295 e. The Bertz CT molecular complexity index is 1160. The molecule has 1 aliphatic carbocycles. The zero-order chi connectivity index (χ0) is 21.7. The van der Waals surface area contributed by atoms with E-state index in [-0.39, 0.29) is 18.7 Å². The first-order valence-corrected chi connectivity index (χ1v) is 10.4. The van der Waals surface area contributed by atoms with E-state index in [1.165, 1.54) is 11.1 Å². The number of piperidine rings is 1. The normalized spacial score (nSPS) is 21.4. The number of carbonyl (C=O) groups excluding carboxylic acids is 4. The van der Waals surface area contributed by atoms with Crippen molar-refractivity contribution >= 4 is 35.5 Å². The number of benzene rings is 2. The highest BCUT2D eigenvalue weighted by Crippen LogP contribution is 2.31. The largest absolute Gasteiger partial charge is 0.295 e. The molecule has 1 N–H and O–H groups in total. The lowest BCUT2D eigenvalue weighted by Gasteiger charge is -2.27. The second kappa shape index (κ2) is 7.27. The van der Waals surface area contributed by atoms with Crippen LogP contribution in [0.25, 0.3) is 0 Å². The summed E-state index contributed by atoms with van der Waals surface area (Å²) in [7, 11) is 1.93. The Morgan fingerprint density at radius 1 is 0.968 bits per heavy atom. The third-order valence-corrected chi connectivity index (χ3v) is 6.35. The number of hydrogen-bond acceptors (Lipinski definition) is 4. The first-order valence-electron chi connectivity index (χ1n) is 10.4. The molecule has 0 spiro atoms.